The number of carbonyl (C=O) groups is 1. The molecule has 1 amide bonds. The van der Waals surface area contributed by atoms with Crippen LogP contribution >= 0.6 is 23.8 Å². The van der Waals surface area contributed by atoms with Gasteiger partial charge in [-0.05, 0) is 48.1 Å². The van der Waals surface area contributed by atoms with Crippen LogP contribution < -0.4 is 10.6 Å². The molecule has 0 saturated heterocycles. The highest BCUT2D eigenvalue weighted by Crippen LogP contribution is 2.10. The molecule has 1 heterocycles. The van der Waals surface area contributed by atoms with Gasteiger partial charge in [-0.2, -0.15) is 0 Å². The first-order chi connectivity index (χ1) is 10.1. The quantitative estimate of drug-likeness (QED) is 0.674. The van der Waals surface area contributed by atoms with E-state index in [0.717, 1.165) is 5.56 Å². The Morgan fingerprint density at radius 3 is 2.67 bits per heavy atom. The third kappa shape index (κ3) is 5.33. The highest BCUT2D eigenvalue weighted by molar-refractivity contribution is 7.80. The molecule has 0 saturated carbocycles. The Hall–Kier alpha value is -2.24. The summed E-state index contributed by atoms with van der Waals surface area (Å²) in [4.78, 5) is 15.7. The normalized spacial score (nSPS) is 10.3. The van der Waals surface area contributed by atoms with Crippen LogP contribution in [0.3, 0.4) is 0 Å². The SMILES string of the molecule is O=C(/C=C/c1ccc(Cl)cc1)NC(=S)Nc1cccnc1. The molecule has 21 heavy (non-hydrogen) atoms. The number of thiocarbonyl (C=S) groups is 1. The van der Waals surface area contributed by atoms with Gasteiger partial charge < -0.3 is 5.32 Å². The highest BCUT2D eigenvalue weighted by Gasteiger charge is 2.01. The second kappa shape index (κ2) is 7.52. The molecule has 1 aromatic heterocycles. The average Bonchev–Trinajstić information content (AvgIpc) is 2.47. The molecule has 0 spiro atoms. The molecule has 0 unspecified atom stereocenters. The summed E-state index contributed by atoms with van der Waals surface area (Å²) >= 11 is 10.8. The Labute approximate surface area is 132 Å². The Balaban J connectivity index is 1.86. The van der Waals surface area contributed by atoms with Gasteiger partial charge in [0.1, 0.15) is 0 Å². The largest absolute Gasteiger partial charge is 0.331 e. The topological polar surface area (TPSA) is 54.0 Å². The molecule has 0 radical (unpaired) electrons. The number of pyridine rings is 1. The lowest BCUT2D eigenvalue weighted by Crippen LogP contribution is -2.32. The van der Waals surface area contributed by atoms with E-state index in [1.807, 2.05) is 12.1 Å². The number of hydrogen-bond acceptors (Lipinski definition) is 3. The zero-order valence-electron chi connectivity index (χ0n) is 10.9. The fourth-order valence-corrected chi connectivity index (χ4v) is 1.84. The Morgan fingerprint density at radius 1 is 1.24 bits per heavy atom. The van der Waals surface area contributed by atoms with E-state index in [4.69, 9.17) is 23.8 Å². The van der Waals surface area contributed by atoms with Gasteiger partial charge in [0.05, 0.1) is 11.9 Å². The summed E-state index contributed by atoms with van der Waals surface area (Å²) in [6.07, 6.45) is 6.35. The molecule has 2 aromatic rings. The highest BCUT2D eigenvalue weighted by atomic mass is 35.5. The molecule has 0 bridgehead atoms. The van der Waals surface area contributed by atoms with E-state index in [9.17, 15) is 4.79 Å². The lowest BCUT2D eigenvalue weighted by atomic mass is 10.2. The van der Waals surface area contributed by atoms with Crippen LogP contribution in [0.5, 0.6) is 0 Å². The summed E-state index contributed by atoms with van der Waals surface area (Å²) in [6, 6.07) is 10.7. The third-order valence-corrected chi connectivity index (χ3v) is 2.91. The first-order valence-electron chi connectivity index (χ1n) is 6.09. The molecule has 2 N–H and O–H groups in total. The van der Waals surface area contributed by atoms with Gasteiger partial charge in [-0.1, -0.05) is 23.7 Å². The number of halogens is 1. The van der Waals surface area contributed by atoms with Crippen molar-refractivity contribution in [3.05, 3.63) is 65.5 Å². The van der Waals surface area contributed by atoms with E-state index in [2.05, 4.69) is 15.6 Å². The average molecular weight is 318 g/mol. The lowest BCUT2D eigenvalue weighted by Gasteiger charge is -2.07. The maximum Gasteiger partial charge on any atom is 0.250 e. The molecular formula is C15H12ClN3OS. The molecule has 106 valence electrons. The van der Waals surface area contributed by atoms with Crippen molar-refractivity contribution in [3.63, 3.8) is 0 Å². The van der Waals surface area contributed by atoms with Crippen molar-refractivity contribution in [2.45, 2.75) is 0 Å². The summed E-state index contributed by atoms with van der Waals surface area (Å²) < 4.78 is 0. The number of nitrogens with zero attached hydrogens (tertiary/aromatic N) is 1. The maximum atomic E-state index is 11.7. The van der Waals surface area contributed by atoms with Gasteiger partial charge in [-0.15, -0.1) is 0 Å². The molecule has 0 atom stereocenters. The van der Waals surface area contributed by atoms with Crippen LogP contribution in [0, 0.1) is 0 Å². The number of rotatable bonds is 3. The van der Waals surface area contributed by atoms with Crippen molar-refractivity contribution >= 4 is 46.6 Å². The van der Waals surface area contributed by atoms with E-state index < -0.39 is 0 Å². The standard InChI is InChI=1S/C15H12ClN3OS/c16-12-6-3-11(4-7-12)5-8-14(20)19-15(21)18-13-2-1-9-17-10-13/h1-10H,(H2,18,19,20,21)/b8-5+. The minimum Gasteiger partial charge on any atom is -0.331 e. The zero-order chi connectivity index (χ0) is 15.1. The molecule has 1 aromatic carbocycles. The molecule has 0 aliphatic rings. The van der Waals surface area contributed by atoms with Crippen molar-refractivity contribution in [1.82, 2.24) is 10.3 Å². The van der Waals surface area contributed by atoms with Gasteiger partial charge in [0.15, 0.2) is 5.11 Å². The third-order valence-electron chi connectivity index (χ3n) is 2.45. The molecule has 0 aliphatic heterocycles. The Bertz CT molecular complexity index is 656. The Morgan fingerprint density at radius 2 is 2.00 bits per heavy atom. The number of aromatic nitrogens is 1. The predicted molar refractivity (Wildman–Crippen MR) is 89.1 cm³/mol. The summed E-state index contributed by atoms with van der Waals surface area (Å²) in [5, 5.41) is 6.28. The Kier molecular flexibility index (Phi) is 5.43. The number of carbonyl (C=O) groups excluding carboxylic acids is 1. The molecule has 6 heteroatoms. The zero-order valence-corrected chi connectivity index (χ0v) is 12.5. The van der Waals surface area contributed by atoms with Crippen LogP contribution in [0.25, 0.3) is 6.08 Å². The summed E-state index contributed by atoms with van der Waals surface area (Å²) in [6.45, 7) is 0. The monoisotopic (exact) mass is 317 g/mol. The first-order valence-corrected chi connectivity index (χ1v) is 6.88. The van der Waals surface area contributed by atoms with Gasteiger partial charge in [-0.3, -0.25) is 15.1 Å². The van der Waals surface area contributed by atoms with E-state index in [1.165, 1.54) is 6.08 Å². The second-order valence-electron chi connectivity index (χ2n) is 4.07. The number of anilines is 1. The van der Waals surface area contributed by atoms with Gasteiger partial charge in [-0.25, -0.2) is 0 Å². The van der Waals surface area contributed by atoms with Crippen LogP contribution in [0.4, 0.5) is 5.69 Å². The summed E-state index contributed by atoms with van der Waals surface area (Å²) in [5.41, 5.74) is 1.59. The fraction of sp³-hybridized carbons (Fsp3) is 0. The van der Waals surface area contributed by atoms with E-state index in [1.54, 1.807) is 42.7 Å². The van der Waals surface area contributed by atoms with Crippen LogP contribution in [0.2, 0.25) is 5.02 Å². The minimum atomic E-state index is -0.314. The van der Waals surface area contributed by atoms with Gasteiger partial charge >= 0.3 is 0 Å². The fourth-order valence-electron chi connectivity index (χ4n) is 1.50. The number of nitrogens with one attached hydrogen (secondary N) is 2. The minimum absolute atomic E-state index is 0.216. The van der Waals surface area contributed by atoms with Crippen LogP contribution in [-0.2, 0) is 4.79 Å². The van der Waals surface area contributed by atoms with E-state index in [0.29, 0.717) is 10.7 Å². The smallest absolute Gasteiger partial charge is 0.250 e. The van der Waals surface area contributed by atoms with Crippen LogP contribution in [0.1, 0.15) is 5.56 Å². The van der Waals surface area contributed by atoms with Gasteiger partial charge in [0.2, 0.25) is 5.91 Å². The molecule has 0 fully saturated rings. The predicted octanol–water partition coefficient (Wildman–Crippen LogP) is 3.26. The molecular weight excluding hydrogens is 306 g/mol. The maximum absolute atomic E-state index is 11.7. The van der Waals surface area contributed by atoms with E-state index in [-0.39, 0.29) is 11.0 Å². The van der Waals surface area contributed by atoms with Crippen molar-refractivity contribution < 1.29 is 4.79 Å². The van der Waals surface area contributed by atoms with Crippen molar-refractivity contribution in [2.75, 3.05) is 5.32 Å². The number of benzene rings is 1. The van der Waals surface area contributed by atoms with Crippen molar-refractivity contribution in [2.24, 2.45) is 0 Å². The molecule has 0 aliphatic carbocycles. The molecule has 2 rings (SSSR count). The molecule has 4 nitrogen and oxygen atoms in total. The number of hydrogen-bond donors (Lipinski definition) is 2. The first kappa shape index (κ1) is 15.2. The second-order valence-corrected chi connectivity index (χ2v) is 4.91. The van der Waals surface area contributed by atoms with Gasteiger partial charge in [0.25, 0.3) is 0 Å². The lowest BCUT2D eigenvalue weighted by molar-refractivity contribution is -0.115. The van der Waals surface area contributed by atoms with Crippen LogP contribution in [0.15, 0.2) is 54.9 Å². The van der Waals surface area contributed by atoms with E-state index >= 15 is 0 Å². The summed E-state index contributed by atoms with van der Waals surface area (Å²) in [5.74, 6) is -0.314. The van der Waals surface area contributed by atoms with Gasteiger partial charge in [0, 0.05) is 17.3 Å². The van der Waals surface area contributed by atoms with Crippen molar-refractivity contribution in [1.29, 1.82) is 0 Å². The van der Waals surface area contributed by atoms with Crippen molar-refractivity contribution in [3.8, 4) is 0 Å². The number of amides is 1. The van der Waals surface area contributed by atoms with Crippen LogP contribution in [-0.4, -0.2) is 16.0 Å². The summed E-state index contributed by atoms with van der Waals surface area (Å²) in [7, 11) is 0.